The number of rotatable bonds is 3. The van der Waals surface area contributed by atoms with Gasteiger partial charge in [-0.15, -0.1) is 0 Å². The first-order chi connectivity index (χ1) is 8.20. The molecule has 17 heavy (non-hydrogen) atoms. The zero-order valence-electron chi connectivity index (χ0n) is 9.53. The highest BCUT2D eigenvalue weighted by Gasteiger charge is 2.24. The molecule has 0 aromatic carbocycles. The Bertz CT molecular complexity index is 402. The molecular weight excluding hydrogens is 241 g/mol. The number of halogens is 2. The van der Waals surface area contributed by atoms with E-state index in [-0.39, 0.29) is 0 Å². The van der Waals surface area contributed by atoms with Gasteiger partial charge in [0.25, 0.3) is 0 Å². The Labute approximate surface area is 105 Å². The normalized spacial score (nSPS) is 24.6. The van der Waals surface area contributed by atoms with Gasteiger partial charge in [0, 0.05) is 12.3 Å². The van der Waals surface area contributed by atoms with Crippen LogP contribution >= 0.6 is 11.6 Å². The van der Waals surface area contributed by atoms with E-state index in [0.29, 0.717) is 23.3 Å². The molecule has 1 aromatic rings. The Kier molecular flexibility index (Phi) is 4.11. The van der Waals surface area contributed by atoms with Crippen molar-refractivity contribution in [2.75, 3.05) is 0 Å². The SMILES string of the molecule is O=CCC1CCC(c2ncc(F)cc2Cl)CC1. The third-order valence-electron chi connectivity index (χ3n) is 3.50. The van der Waals surface area contributed by atoms with Crippen molar-refractivity contribution in [2.45, 2.75) is 38.0 Å². The van der Waals surface area contributed by atoms with Crippen LogP contribution in [0.25, 0.3) is 0 Å². The number of aldehydes is 1. The summed E-state index contributed by atoms with van der Waals surface area (Å²) < 4.78 is 12.9. The maximum Gasteiger partial charge on any atom is 0.142 e. The highest BCUT2D eigenvalue weighted by molar-refractivity contribution is 6.31. The molecule has 0 aliphatic heterocycles. The second kappa shape index (κ2) is 5.58. The lowest BCUT2D eigenvalue weighted by atomic mass is 9.79. The van der Waals surface area contributed by atoms with Crippen LogP contribution in [-0.4, -0.2) is 11.3 Å². The van der Waals surface area contributed by atoms with Crippen molar-refractivity contribution in [3.63, 3.8) is 0 Å². The molecule has 0 unspecified atom stereocenters. The summed E-state index contributed by atoms with van der Waals surface area (Å²) in [6, 6.07) is 1.32. The fourth-order valence-corrected chi connectivity index (χ4v) is 2.84. The molecule has 1 aliphatic rings. The summed E-state index contributed by atoms with van der Waals surface area (Å²) >= 11 is 6.00. The molecule has 4 heteroatoms. The highest BCUT2D eigenvalue weighted by Crippen LogP contribution is 2.38. The van der Waals surface area contributed by atoms with Crippen LogP contribution in [0.1, 0.15) is 43.7 Å². The van der Waals surface area contributed by atoms with Gasteiger partial charge in [-0.05, 0) is 37.7 Å². The fraction of sp³-hybridized carbons (Fsp3) is 0.538. The summed E-state index contributed by atoms with van der Waals surface area (Å²) in [5.74, 6) is 0.419. The van der Waals surface area contributed by atoms with Gasteiger partial charge in [0.15, 0.2) is 0 Å². The van der Waals surface area contributed by atoms with Crippen molar-refractivity contribution in [2.24, 2.45) is 5.92 Å². The Morgan fingerprint density at radius 2 is 2.12 bits per heavy atom. The molecule has 0 radical (unpaired) electrons. The first kappa shape index (κ1) is 12.5. The third kappa shape index (κ3) is 3.03. The minimum absolute atomic E-state index is 0.311. The van der Waals surface area contributed by atoms with E-state index in [1.54, 1.807) is 0 Å². The molecule has 0 saturated heterocycles. The number of pyridine rings is 1. The maximum atomic E-state index is 12.9. The van der Waals surface area contributed by atoms with E-state index >= 15 is 0 Å². The molecule has 1 aliphatic carbocycles. The van der Waals surface area contributed by atoms with Crippen LogP contribution in [0.2, 0.25) is 5.02 Å². The number of carbonyl (C=O) groups is 1. The quantitative estimate of drug-likeness (QED) is 0.770. The molecule has 1 saturated carbocycles. The lowest BCUT2D eigenvalue weighted by molar-refractivity contribution is -0.108. The van der Waals surface area contributed by atoms with Gasteiger partial charge in [0.05, 0.1) is 16.9 Å². The van der Waals surface area contributed by atoms with Crippen LogP contribution in [0.15, 0.2) is 12.3 Å². The largest absolute Gasteiger partial charge is 0.303 e. The highest BCUT2D eigenvalue weighted by atomic mass is 35.5. The number of hydrogen-bond acceptors (Lipinski definition) is 2. The standard InChI is InChI=1S/C13H15ClFNO/c14-12-7-11(15)8-16-13(12)10-3-1-9(2-4-10)5-6-17/h6-10H,1-5H2. The Hall–Kier alpha value is -0.960. The second-order valence-corrected chi connectivity index (χ2v) is 5.05. The van der Waals surface area contributed by atoms with Crippen molar-refractivity contribution < 1.29 is 9.18 Å². The molecule has 0 amide bonds. The van der Waals surface area contributed by atoms with Crippen molar-refractivity contribution in [3.05, 3.63) is 28.8 Å². The van der Waals surface area contributed by atoms with E-state index in [4.69, 9.17) is 11.6 Å². The minimum Gasteiger partial charge on any atom is -0.303 e. The van der Waals surface area contributed by atoms with Gasteiger partial charge in [-0.2, -0.15) is 0 Å². The van der Waals surface area contributed by atoms with Crippen molar-refractivity contribution in [1.82, 2.24) is 4.98 Å². The minimum atomic E-state index is -0.395. The molecule has 2 nitrogen and oxygen atoms in total. The fourth-order valence-electron chi connectivity index (χ4n) is 2.53. The molecule has 0 N–H and O–H groups in total. The van der Waals surface area contributed by atoms with E-state index in [1.807, 2.05) is 0 Å². The first-order valence-electron chi connectivity index (χ1n) is 5.95. The zero-order chi connectivity index (χ0) is 12.3. The summed E-state index contributed by atoms with van der Waals surface area (Å²) in [5, 5.41) is 0.420. The van der Waals surface area contributed by atoms with E-state index < -0.39 is 5.82 Å². The van der Waals surface area contributed by atoms with Gasteiger partial charge in [-0.1, -0.05) is 11.6 Å². The molecule has 2 rings (SSSR count). The Morgan fingerprint density at radius 1 is 1.41 bits per heavy atom. The van der Waals surface area contributed by atoms with Gasteiger partial charge < -0.3 is 4.79 Å². The zero-order valence-corrected chi connectivity index (χ0v) is 10.3. The third-order valence-corrected chi connectivity index (χ3v) is 3.80. The van der Waals surface area contributed by atoms with Gasteiger partial charge in [-0.25, -0.2) is 4.39 Å². The van der Waals surface area contributed by atoms with Crippen LogP contribution in [0, 0.1) is 11.7 Å². The summed E-state index contributed by atoms with van der Waals surface area (Å²) in [6.45, 7) is 0. The van der Waals surface area contributed by atoms with Gasteiger partial charge in [-0.3, -0.25) is 4.98 Å². The molecule has 1 fully saturated rings. The smallest absolute Gasteiger partial charge is 0.142 e. The van der Waals surface area contributed by atoms with E-state index in [9.17, 15) is 9.18 Å². The second-order valence-electron chi connectivity index (χ2n) is 4.64. The lowest BCUT2D eigenvalue weighted by Gasteiger charge is -2.27. The topological polar surface area (TPSA) is 30.0 Å². The van der Waals surface area contributed by atoms with E-state index in [1.165, 1.54) is 12.3 Å². The van der Waals surface area contributed by atoms with Gasteiger partial charge in [0.1, 0.15) is 12.1 Å². The predicted molar refractivity (Wildman–Crippen MR) is 64.6 cm³/mol. The monoisotopic (exact) mass is 255 g/mol. The molecule has 0 atom stereocenters. The van der Waals surface area contributed by atoms with Crippen LogP contribution in [0.4, 0.5) is 4.39 Å². The molecular formula is C13H15ClFNO. The Balaban J connectivity index is 2.02. The van der Waals surface area contributed by atoms with Crippen LogP contribution < -0.4 is 0 Å². The predicted octanol–water partition coefficient (Wildman–Crippen LogP) is 3.74. The van der Waals surface area contributed by atoms with Crippen LogP contribution in [0.3, 0.4) is 0 Å². The molecule has 0 spiro atoms. The summed E-state index contributed by atoms with van der Waals surface area (Å²) in [6.07, 6.45) is 6.88. The number of carbonyl (C=O) groups excluding carboxylic acids is 1. The van der Waals surface area contributed by atoms with E-state index in [0.717, 1.165) is 37.7 Å². The molecule has 0 bridgehead atoms. The Morgan fingerprint density at radius 3 is 2.71 bits per heavy atom. The van der Waals surface area contributed by atoms with Gasteiger partial charge >= 0.3 is 0 Å². The van der Waals surface area contributed by atoms with Crippen molar-refractivity contribution in [1.29, 1.82) is 0 Å². The number of hydrogen-bond donors (Lipinski definition) is 0. The van der Waals surface area contributed by atoms with Crippen LogP contribution in [0.5, 0.6) is 0 Å². The summed E-state index contributed by atoms with van der Waals surface area (Å²) in [4.78, 5) is 14.5. The molecule has 92 valence electrons. The average molecular weight is 256 g/mol. The maximum absolute atomic E-state index is 12.9. The van der Waals surface area contributed by atoms with Crippen molar-refractivity contribution in [3.8, 4) is 0 Å². The molecule has 1 aromatic heterocycles. The first-order valence-corrected chi connectivity index (χ1v) is 6.33. The average Bonchev–Trinajstić information content (AvgIpc) is 2.31. The summed E-state index contributed by atoms with van der Waals surface area (Å²) in [7, 11) is 0. The number of nitrogens with zero attached hydrogens (tertiary/aromatic N) is 1. The lowest BCUT2D eigenvalue weighted by Crippen LogP contribution is -2.15. The van der Waals surface area contributed by atoms with Crippen LogP contribution in [-0.2, 0) is 4.79 Å². The number of aromatic nitrogens is 1. The van der Waals surface area contributed by atoms with E-state index in [2.05, 4.69) is 4.98 Å². The van der Waals surface area contributed by atoms with Crippen molar-refractivity contribution >= 4 is 17.9 Å². The molecule has 1 heterocycles. The summed E-state index contributed by atoms with van der Waals surface area (Å²) in [5.41, 5.74) is 0.803. The van der Waals surface area contributed by atoms with Gasteiger partial charge in [0.2, 0.25) is 0 Å².